The highest BCUT2D eigenvalue weighted by Gasteiger charge is 2.23. The Morgan fingerprint density at radius 3 is 1.83 bits per heavy atom. The van der Waals surface area contributed by atoms with Gasteiger partial charge in [0.05, 0.1) is 5.70 Å². The molecular formula is C35H62N4O2. The standard InChI is InChI=1S/C23H29N3O.C4H10O.C2H5N.3C2H6/c1-5-10-22(18-24-13-6-2)23(27)20(4)26-16-14-25(15-17-26)19(3)21-11-8-7-9-12-21;1-3-4-5-2;1-2-3;3*1-2/h5-13,18,24H,3-4,14-17H2,1-2H3;3-4H2,1-2H3;2H,1,3H2;3*1-2H3/b10-5+,13-6+,22-18+;;;;;. The van der Waals surface area contributed by atoms with E-state index in [0.29, 0.717) is 11.3 Å². The number of carbonyl (C=O) groups is 1. The number of methoxy groups -OCH3 is 1. The number of carbonyl (C=O) groups excluding carboxylic acids is 1. The highest BCUT2D eigenvalue weighted by molar-refractivity contribution is 6.09. The number of piperazine rings is 1. The van der Waals surface area contributed by atoms with Crippen LogP contribution in [-0.4, -0.2) is 55.5 Å². The Kier molecular flexibility index (Phi) is 37.5. The molecule has 0 spiro atoms. The minimum absolute atomic E-state index is 0.0551. The van der Waals surface area contributed by atoms with Gasteiger partial charge in [-0.15, -0.1) is 0 Å². The second-order valence-electron chi connectivity index (χ2n) is 7.56. The molecule has 1 aromatic rings. The zero-order valence-corrected chi connectivity index (χ0v) is 28.0. The molecule has 1 aromatic carbocycles. The molecule has 3 N–H and O–H groups in total. The number of ketones is 1. The molecule has 2 rings (SSSR count). The number of nitrogens with one attached hydrogen (secondary N) is 1. The van der Waals surface area contributed by atoms with Gasteiger partial charge in [-0.1, -0.05) is 117 Å². The van der Waals surface area contributed by atoms with Gasteiger partial charge in [0.25, 0.3) is 0 Å². The minimum atomic E-state index is -0.0551. The molecule has 234 valence electrons. The fraction of sp³-hybridized carbons (Fsp3) is 0.457. The molecular weight excluding hydrogens is 508 g/mol. The number of benzene rings is 1. The van der Waals surface area contributed by atoms with Crippen molar-refractivity contribution in [3.05, 3.63) is 104 Å². The molecule has 6 nitrogen and oxygen atoms in total. The molecule has 1 heterocycles. The lowest BCUT2D eigenvalue weighted by molar-refractivity contribution is -0.113. The van der Waals surface area contributed by atoms with Crippen molar-refractivity contribution in [2.45, 2.75) is 68.7 Å². The number of ether oxygens (including phenoxy) is 1. The van der Waals surface area contributed by atoms with Crippen molar-refractivity contribution in [2.75, 3.05) is 39.9 Å². The molecule has 0 saturated carbocycles. The highest BCUT2D eigenvalue weighted by Crippen LogP contribution is 2.21. The van der Waals surface area contributed by atoms with Crippen molar-refractivity contribution in [3.8, 4) is 0 Å². The summed E-state index contributed by atoms with van der Waals surface area (Å²) in [4.78, 5) is 17.1. The van der Waals surface area contributed by atoms with Gasteiger partial charge in [-0.2, -0.15) is 0 Å². The van der Waals surface area contributed by atoms with Crippen molar-refractivity contribution in [1.82, 2.24) is 15.1 Å². The van der Waals surface area contributed by atoms with E-state index in [1.165, 1.54) is 6.20 Å². The maximum Gasteiger partial charge on any atom is 0.209 e. The van der Waals surface area contributed by atoms with E-state index < -0.39 is 0 Å². The Hall–Kier alpha value is -3.51. The molecule has 6 heteroatoms. The molecule has 1 aliphatic rings. The van der Waals surface area contributed by atoms with Gasteiger partial charge in [0, 0.05) is 57.4 Å². The van der Waals surface area contributed by atoms with E-state index >= 15 is 0 Å². The first-order valence-corrected chi connectivity index (χ1v) is 14.9. The Morgan fingerprint density at radius 1 is 0.951 bits per heavy atom. The minimum Gasteiger partial charge on any atom is -0.405 e. The van der Waals surface area contributed by atoms with Crippen LogP contribution in [0.3, 0.4) is 0 Å². The Labute approximate surface area is 254 Å². The summed E-state index contributed by atoms with van der Waals surface area (Å²) < 4.78 is 4.69. The van der Waals surface area contributed by atoms with Gasteiger partial charge in [0.1, 0.15) is 0 Å². The number of Topliss-reactive ketones (excluding diaryl/α,β-unsaturated/α-hetero) is 1. The van der Waals surface area contributed by atoms with Gasteiger partial charge in [-0.25, -0.2) is 0 Å². The Bertz CT molecular complexity index is 848. The molecule has 0 unspecified atom stereocenters. The van der Waals surface area contributed by atoms with E-state index in [9.17, 15) is 4.79 Å². The van der Waals surface area contributed by atoms with Gasteiger partial charge in [0.2, 0.25) is 5.78 Å². The van der Waals surface area contributed by atoms with E-state index in [-0.39, 0.29) is 5.78 Å². The third-order valence-electron chi connectivity index (χ3n) is 4.93. The predicted octanol–water partition coefficient (Wildman–Crippen LogP) is 8.15. The maximum atomic E-state index is 12.8. The van der Waals surface area contributed by atoms with Gasteiger partial charge in [-0.3, -0.25) is 4.79 Å². The number of hydrogen-bond donors (Lipinski definition) is 2. The summed E-state index contributed by atoms with van der Waals surface area (Å²) in [6, 6.07) is 10.2. The summed E-state index contributed by atoms with van der Waals surface area (Å²) in [5, 5.41) is 3.00. The van der Waals surface area contributed by atoms with E-state index in [2.05, 4.69) is 59.6 Å². The average Bonchev–Trinajstić information content (AvgIpc) is 3.04. The monoisotopic (exact) mass is 570 g/mol. The maximum absolute atomic E-state index is 12.8. The van der Waals surface area contributed by atoms with Crippen molar-refractivity contribution in [2.24, 2.45) is 5.73 Å². The number of rotatable bonds is 10. The van der Waals surface area contributed by atoms with Crippen LogP contribution >= 0.6 is 0 Å². The van der Waals surface area contributed by atoms with Gasteiger partial charge < -0.3 is 25.6 Å². The zero-order valence-electron chi connectivity index (χ0n) is 28.0. The molecule has 0 aromatic heterocycles. The summed E-state index contributed by atoms with van der Waals surface area (Å²) in [5.41, 5.74) is 7.90. The summed E-state index contributed by atoms with van der Waals surface area (Å²) in [6.45, 7) is 33.4. The smallest absolute Gasteiger partial charge is 0.209 e. The Balaban J connectivity index is -0.000000415. The SMILES string of the molecule is C=C(C(=O)C(/C=C/C)=C/N/C=C/C)N1CCN(C(=C)c2ccccc2)CC1.C=CN.CC.CC.CC.CCCOC. The van der Waals surface area contributed by atoms with Crippen molar-refractivity contribution < 1.29 is 9.53 Å². The number of hydrogen-bond acceptors (Lipinski definition) is 6. The van der Waals surface area contributed by atoms with Crippen LogP contribution in [0.15, 0.2) is 98.2 Å². The Morgan fingerprint density at radius 2 is 1.44 bits per heavy atom. The quantitative estimate of drug-likeness (QED) is 0.218. The average molecular weight is 571 g/mol. The largest absolute Gasteiger partial charge is 0.405 e. The molecule has 0 bridgehead atoms. The van der Waals surface area contributed by atoms with E-state index in [0.717, 1.165) is 50.5 Å². The van der Waals surface area contributed by atoms with Crippen molar-refractivity contribution in [1.29, 1.82) is 0 Å². The number of nitrogens with two attached hydrogens (primary N) is 1. The van der Waals surface area contributed by atoms with Crippen LogP contribution in [0.25, 0.3) is 5.70 Å². The fourth-order valence-corrected chi connectivity index (χ4v) is 3.18. The van der Waals surface area contributed by atoms with Crippen LogP contribution in [0.5, 0.6) is 0 Å². The van der Waals surface area contributed by atoms with Crippen LogP contribution in [-0.2, 0) is 9.53 Å². The second kappa shape index (κ2) is 34.5. The number of allylic oxidation sites excluding steroid dienone is 4. The summed E-state index contributed by atoms with van der Waals surface area (Å²) >= 11 is 0. The van der Waals surface area contributed by atoms with Crippen LogP contribution in [0.4, 0.5) is 0 Å². The van der Waals surface area contributed by atoms with Crippen LogP contribution in [0.1, 0.15) is 74.3 Å². The van der Waals surface area contributed by atoms with E-state index in [4.69, 9.17) is 4.74 Å². The molecule has 0 radical (unpaired) electrons. The molecule has 1 aliphatic heterocycles. The van der Waals surface area contributed by atoms with Crippen molar-refractivity contribution in [3.63, 3.8) is 0 Å². The van der Waals surface area contributed by atoms with Crippen molar-refractivity contribution >= 4 is 11.5 Å². The third kappa shape index (κ3) is 21.9. The fourth-order valence-electron chi connectivity index (χ4n) is 3.18. The van der Waals surface area contributed by atoms with Crippen LogP contribution in [0, 0.1) is 0 Å². The topological polar surface area (TPSA) is 70.8 Å². The molecule has 41 heavy (non-hydrogen) atoms. The van der Waals surface area contributed by atoms with Gasteiger partial charge in [-0.05, 0) is 38.2 Å². The third-order valence-corrected chi connectivity index (χ3v) is 4.93. The molecule has 0 aliphatic carbocycles. The molecule has 1 fully saturated rings. The predicted molar refractivity (Wildman–Crippen MR) is 184 cm³/mol. The van der Waals surface area contributed by atoms with Gasteiger partial charge >= 0.3 is 0 Å². The second-order valence-corrected chi connectivity index (χ2v) is 7.56. The normalized spacial score (nSPS) is 11.9. The lowest BCUT2D eigenvalue weighted by atomic mass is 10.1. The van der Waals surface area contributed by atoms with Crippen LogP contribution in [0.2, 0.25) is 0 Å². The first-order chi connectivity index (χ1) is 19.9. The van der Waals surface area contributed by atoms with E-state index in [1.54, 1.807) is 25.6 Å². The molecule has 0 atom stereocenters. The van der Waals surface area contributed by atoms with Crippen LogP contribution < -0.4 is 11.1 Å². The summed E-state index contributed by atoms with van der Waals surface area (Å²) in [6.07, 6.45) is 11.4. The summed E-state index contributed by atoms with van der Waals surface area (Å²) in [7, 11) is 1.71. The first-order valence-electron chi connectivity index (χ1n) is 14.9. The highest BCUT2D eigenvalue weighted by atomic mass is 16.5. The lowest BCUT2D eigenvalue weighted by Crippen LogP contribution is -2.45. The molecule has 1 saturated heterocycles. The first kappa shape index (κ1) is 44.5. The lowest BCUT2D eigenvalue weighted by Gasteiger charge is -2.38. The number of nitrogens with zero attached hydrogens (tertiary/aromatic N) is 2. The summed E-state index contributed by atoms with van der Waals surface area (Å²) in [5.74, 6) is -0.0551. The van der Waals surface area contributed by atoms with E-state index in [1.807, 2.05) is 85.7 Å². The molecule has 0 amide bonds. The van der Waals surface area contributed by atoms with Gasteiger partial charge in [0.15, 0.2) is 0 Å². The zero-order chi connectivity index (χ0) is 32.5.